The molecule has 3 aromatic rings. The second-order valence-electron chi connectivity index (χ2n) is 12.5. The maximum atomic E-state index is 4.29. The van der Waals surface area contributed by atoms with Gasteiger partial charge in [-0.3, -0.25) is 0 Å². The van der Waals surface area contributed by atoms with Gasteiger partial charge in [-0.15, -0.1) is 0 Å². The minimum absolute atomic E-state index is 0.218. The number of aryl methyl sites for hydroxylation is 1. The van der Waals surface area contributed by atoms with E-state index in [1.54, 1.807) is 0 Å². The average molecular weight is 561 g/mol. The second-order valence-corrected chi connectivity index (χ2v) is 12.5. The van der Waals surface area contributed by atoms with Gasteiger partial charge >= 0.3 is 0 Å². The van der Waals surface area contributed by atoms with Crippen LogP contribution in [-0.4, -0.2) is 0 Å². The fraction of sp³-hybridized carbons (Fsp3) is 0.209. The van der Waals surface area contributed by atoms with Crippen molar-refractivity contribution >= 4 is 29.9 Å². The van der Waals surface area contributed by atoms with E-state index in [1.165, 1.54) is 66.8 Å². The van der Waals surface area contributed by atoms with Gasteiger partial charge in [0.15, 0.2) is 0 Å². The summed E-state index contributed by atoms with van der Waals surface area (Å²) >= 11 is 0. The molecular weight excluding hydrogens is 516 g/mol. The zero-order chi connectivity index (χ0) is 31.1. The third-order valence-corrected chi connectivity index (χ3v) is 9.37. The minimum Gasteiger partial charge on any atom is -0.0987 e. The van der Waals surface area contributed by atoms with Crippen molar-refractivity contribution < 1.29 is 0 Å². The zero-order valence-corrected chi connectivity index (χ0v) is 26.8. The first-order valence-corrected chi connectivity index (χ1v) is 15.3. The van der Waals surface area contributed by atoms with Crippen molar-refractivity contribution in [1.29, 1.82) is 0 Å². The monoisotopic (exact) mass is 560 g/mol. The molecule has 0 heterocycles. The van der Waals surface area contributed by atoms with Crippen molar-refractivity contribution in [2.75, 3.05) is 0 Å². The molecule has 1 atom stereocenters. The fourth-order valence-electron chi connectivity index (χ4n) is 7.09. The summed E-state index contributed by atoms with van der Waals surface area (Å²) < 4.78 is 0. The predicted octanol–water partition coefficient (Wildman–Crippen LogP) is 12.1. The third kappa shape index (κ3) is 5.00. The van der Waals surface area contributed by atoms with Crippen molar-refractivity contribution in [3.8, 4) is 11.1 Å². The van der Waals surface area contributed by atoms with E-state index in [1.807, 2.05) is 24.3 Å². The molecule has 43 heavy (non-hydrogen) atoms. The Morgan fingerprint density at radius 1 is 0.907 bits per heavy atom. The van der Waals surface area contributed by atoms with Crippen molar-refractivity contribution in [2.45, 2.75) is 59.3 Å². The van der Waals surface area contributed by atoms with Crippen molar-refractivity contribution in [3.63, 3.8) is 0 Å². The summed E-state index contributed by atoms with van der Waals surface area (Å²) in [6.07, 6.45) is 18.0. The van der Waals surface area contributed by atoms with Gasteiger partial charge in [0, 0.05) is 11.3 Å². The van der Waals surface area contributed by atoms with Crippen molar-refractivity contribution in [2.24, 2.45) is 0 Å². The molecule has 0 aromatic heterocycles. The molecule has 0 amide bonds. The number of rotatable bonds is 8. The van der Waals surface area contributed by atoms with Gasteiger partial charge in [0.2, 0.25) is 0 Å². The van der Waals surface area contributed by atoms with Crippen LogP contribution in [0.1, 0.15) is 90.6 Å². The van der Waals surface area contributed by atoms with E-state index in [9.17, 15) is 0 Å². The maximum absolute atomic E-state index is 4.29. The molecule has 0 heteroatoms. The van der Waals surface area contributed by atoms with Gasteiger partial charge < -0.3 is 0 Å². The van der Waals surface area contributed by atoms with Gasteiger partial charge in [-0.05, 0) is 124 Å². The Kier molecular flexibility index (Phi) is 8.17. The molecule has 5 rings (SSSR count). The number of allylic oxidation sites excluding steroid dienone is 8. The summed E-state index contributed by atoms with van der Waals surface area (Å²) in [6.45, 7) is 30.2. The second kappa shape index (κ2) is 11.7. The SMILES string of the molecule is C=CC(=C(C)C)C1=C(C=C)C(C)(C)c2cc(-c3ccc4c(c3)C=CC(c3ccc(/C=C\C)c(C)c3)C4)c(C=C)c(C=C)c21. The topological polar surface area (TPSA) is 0 Å². The third-order valence-electron chi connectivity index (χ3n) is 9.37. The van der Waals surface area contributed by atoms with Crippen molar-refractivity contribution in [1.82, 2.24) is 0 Å². The summed E-state index contributed by atoms with van der Waals surface area (Å²) in [6, 6.07) is 16.2. The Morgan fingerprint density at radius 3 is 2.26 bits per heavy atom. The van der Waals surface area contributed by atoms with Crippen LogP contribution in [-0.2, 0) is 11.8 Å². The fourth-order valence-corrected chi connectivity index (χ4v) is 7.09. The first-order valence-electron chi connectivity index (χ1n) is 15.3. The average Bonchev–Trinajstić information content (AvgIpc) is 3.22. The Hall–Kier alpha value is -4.42. The molecule has 0 N–H and O–H groups in total. The molecule has 2 aliphatic carbocycles. The molecule has 1 unspecified atom stereocenters. The highest BCUT2D eigenvalue weighted by atomic mass is 14.4. The van der Waals surface area contributed by atoms with Crippen LogP contribution in [0.15, 0.2) is 110 Å². The molecule has 0 bridgehead atoms. The highest BCUT2D eigenvalue weighted by molar-refractivity contribution is 6.00. The molecule has 2 aliphatic rings. The largest absolute Gasteiger partial charge is 0.0987 e. The Balaban J connectivity index is 1.62. The number of fused-ring (bicyclic) bond motifs is 2. The molecule has 0 saturated heterocycles. The summed E-state index contributed by atoms with van der Waals surface area (Å²) in [5, 5.41) is 0. The van der Waals surface area contributed by atoms with E-state index in [-0.39, 0.29) is 5.41 Å². The van der Waals surface area contributed by atoms with Gasteiger partial charge in [0.25, 0.3) is 0 Å². The Morgan fingerprint density at radius 2 is 1.65 bits per heavy atom. The lowest BCUT2D eigenvalue weighted by Gasteiger charge is -2.25. The Labute approximate surface area is 259 Å². The van der Waals surface area contributed by atoms with E-state index >= 15 is 0 Å². The first-order chi connectivity index (χ1) is 20.6. The summed E-state index contributed by atoms with van der Waals surface area (Å²) in [5.74, 6) is 0.379. The van der Waals surface area contributed by atoms with Crippen LogP contribution in [0.25, 0.3) is 41.0 Å². The lowest BCUT2D eigenvalue weighted by atomic mass is 9.78. The van der Waals surface area contributed by atoms with E-state index in [0.717, 1.165) is 23.1 Å². The molecule has 0 radical (unpaired) electrons. The number of hydrogen-bond acceptors (Lipinski definition) is 0. The van der Waals surface area contributed by atoms with Crippen molar-refractivity contribution in [3.05, 3.63) is 160 Å². The molecule has 0 saturated carbocycles. The minimum atomic E-state index is -0.218. The standard InChI is InChI=1S/C43H44/c1-11-16-29-17-18-30(23-28(29)8)31-19-20-33-25-34(22-21-32(33)24-31)38-26-40-42(37(14-4)36(38)13-3)41(35(12-2)27(6)7)39(15-5)43(40,9)10/h11-23,25-26,31H,2-5,24H2,1,6-10H3/b16-11-. The maximum Gasteiger partial charge on any atom is 0.0159 e. The van der Waals surface area contributed by atoms with Crippen LogP contribution < -0.4 is 0 Å². The van der Waals surface area contributed by atoms with Crippen LogP contribution in [0, 0.1) is 6.92 Å². The number of benzene rings is 3. The zero-order valence-electron chi connectivity index (χ0n) is 26.8. The van der Waals surface area contributed by atoms with E-state index in [4.69, 9.17) is 0 Å². The molecule has 216 valence electrons. The summed E-state index contributed by atoms with van der Waals surface area (Å²) in [7, 11) is 0. The summed E-state index contributed by atoms with van der Waals surface area (Å²) in [4.78, 5) is 0. The van der Waals surface area contributed by atoms with Gasteiger partial charge in [0.1, 0.15) is 0 Å². The van der Waals surface area contributed by atoms with E-state index in [2.05, 4.69) is 135 Å². The normalized spacial score (nSPS) is 16.6. The van der Waals surface area contributed by atoms with Gasteiger partial charge in [-0.25, -0.2) is 0 Å². The van der Waals surface area contributed by atoms with Gasteiger partial charge in [-0.2, -0.15) is 0 Å². The van der Waals surface area contributed by atoms with E-state index in [0.29, 0.717) is 5.92 Å². The molecule has 0 fully saturated rings. The first kappa shape index (κ1) is 30.1. The van der Waals surface area contributed by atoms with Crippen LogP contribution >= 0.6 is 0 Å². The van der Waals surface area contributed by atoms with E-state index < -0.39 is 0 Å². The van der Waals surface area contributed by atoms with Gasteiger partial charge in [-0.1, -0.05) is 125 Å². The molecule has 0 nitrogen and oxygen atoms in total. The lowest BCUT2D eigenvalue weighted by molar-refractivity contribution is 0.654. The van der Waals surface area contributed by atoms with Crippen LogP contribution in [0.2, 0.25) is 0 Å². The number of hydrogen-bond donors (Lipinski definition) is 0. The molecule has 0 aliphatic heterocycles. The van der Waals surface area contributed by atoms with Crippen LogP contribution in [0.3, 0.4) is 0 Å². The Bertz CT molecular complexity index is 1800. The molecular formula is C43H44. The molecule has 0 spiro atoms. The molecule has 3 aromatic carbocycles. The van der Waals surface area contributed by atoms with Crippen LogP contribution in [0.5, 0.6) is 0 Å². The lowest BCUT2D eigenvalue weighted by Crippen LogP contribution is -2.16. The highest BCUT2D eigenvalue weighted by Gasteiger charge is 2.39. The smallest absolute Gasteiger partial charge is 0.0159 e. The quantitative estimate of drug-likeness (QED) is 0.240. The van der Waals surface area contributed by atoms with Gasteiger partial charge in [0.05, 0.1) is 0 Å². The van der Waals surface area contributed by atoms with Crippen LogP contribution in [0.4, 0.5) is 0 Å². The predicted molar refractivity (Wildman–Crippen MR) is 192 cm³/mol. The summed E-state index contributed by atoms with van der Waals surface area (Å²) in [5.41, 5.74) is 18.4. The highest BCUT2D eigenvalue weighted by Crippen LogP contribution is 2.53.